The van der Waals surface area contributed by atoms with Crippen LogP contribution in [0.2, 0.25) is 0 Å². The highest BCUT2D eigenvalue weighted by Crippen LogP contribution is 2.44. The molecule has 4 aromatic heterocycles. The minimum atomic E-state index is -1.02. The van der Waals surface area contributed by atoms with Gasteiger partial charge in [0.05, 0.1) is 18.4 Å². The number of pyridine rings is 1. The molecule has 10 nitrogen and oxygen atoms in total. The molecule has 1 unspecified atom stereocenters. The number of fused-ring (bicyclic) bond motifs is 2. The quantitative estimate of drug-likeness (QED) is 0.468. The van der Waals surface area contributed by atoms with E-state index in [1.807, 2.05) is 49.1 Å². The maximum absolute atomic E-state index is 13.8. The van der Waals surface area contributed by atoms with Crippen LogP contribution in [0.4, 0.5) is 0 Å². The van der Waals surface area contributed by atoms with E-state index in [2.05, 4.69) is 15.2 Å². The van der Waals surface area contributed by atoms with Crippen LogP contribution in [0, 0.1) is 13.8 Å². The van der Waals surface area contributed by atoms with Crippen LogP contribution in [-0.4, -0.2) is 59.2 Å². The highest BCUT2D eigenvalue weighted by Gasteiger charge is 2.56. The van der Waals surface area contributed by atoms with E-state index >= 15 is 0 Å². The molecule has 172 valence electrons. The second kappa shape index (κ2) is 7.14. The largest absolute Gasteiger partial charge is 0.364 e. The van der Waals surface area contributed by atoms with Crippen LogP contribution in [0.1, 0.15) is 37.8 Å². The highest BCUT2D eigenvalue weighted by atomic mass is 16.5. The topological polar surface area (TPSA) is 102 Å². The average molecular weight is 457 g/mol. The van der Waals surface area contributed by atoms with Gasteiger partial charge in [0.2, 0.25) is 0 Å². The first-order chi connectivity index (χ1) is 16.4. The predicted molar refractivity (Wildman–Crippen MR) is 121 cm³/mol. The normalized spacial score (nSPS) is 19.4. The van der Waals surface area contributed by atoms with Gasteiger partial charge in [-0.2, -0.15) is 5.10 Å². The smallest absolute Gasteiger partial charge is 0.272 e. The van der Waals surface area contributed by atoms with E-state index < -0.39 is 5.66 Å². The number of nitrogens with zero attached hydrogens (tertiary/aromatic N) is 7. The first kappa shape index (κ1) is 20.4. The second-order valence-electron chi connectivity index (χ2n) is 8.88. The van der Waals surface area contributed by atoms with Crippen LogP contribution in [-0.2, 0) is 19.3 Å². The van der Waals surface area contributed by atoms with E-state index in [9.17, 15) is 9.59 Å². The summed E-state index contributed by atoms with van der Waals surface area (Å²) in [5, 5.41) is 8.13. The molecule has 0 aliphatic carbocycles. The van der Waals surface area contributed by atoms with E-state index in [0.29, 0.717) is 36.6 Å². The molecule has 34 heavy (non-hydrogen) atoms. The molecule has 1 atom stereocenters. The zero-order chi connectivity index (χ0) is 23.6. The Morgan fingerprint density at radius 1 is 1.12 bits per heavy atom. The summed E-state index contributed by atoms with van der Waals surface area (Å²) in [5.74, 6) is -0.350. The number of hydrogen-bond acceptors (Lipinski definition) is 6. The SMILES string of the molecule is Cc1ccc(C23Cn4cc(-c5cnn(C)c5)cc4C(=O)N2CCN3C(=O)c2conc2C)cn1. The van der Waals surface area contributed by atoms with Gasteiger partial charge in [0.1, 0.15) is 17.5 Å². The lowest BCUT2D eigenvalue weighted by Gasteiger charge is -2.47. The van der Waals surface area contributed by atoms with Crippen molar-refractivity contribution >= 4 is 11.8 Å². The summed E-state index contributed by atoms with van der Waals surface area (Å²) >= 11 is 0. The lowest BCUT2D eigenvalue weighted by molar-refractivity contribution is -0.00613. The third-order valence-electron chi connectivity index (χ3n) is 6.83. The van der Waals surface area contributed by atoms with E-state index in [0.717, 1.165) is 22.4 Å². The van der Waals surface area contributed by atoms with E-state index in [1.54, 1.807) is 33.8 Å². The van der Waals surface area contributed by atoms with Gasteiger partial charge in [-0.3, -0.25) is 19.3 Å². The zero-order valence-electron chi connectivity index (χ0n) is 19.1. The van der Waals surface area contributed by atoms with Gasteiger partial charge in [-0.1, -0.05) is 11.2 Å². The fraction of sp³-hybridized carbons (Fsp3) is 0.292. The van der Waals surface area contributed by atoms with Gasteiger partial charge in [0, 0.05) is 61.1 Å². The van der Waals surface area contributed by atoms with Gasteiger partial charge < -0.3 is 18.9 Å². The van der Waals surface area contributed by atoms with Crippen LogP contribution >= 0.6 is 0 Å². The van der Waals surface area contributed by atoms with Crippen LogP contribution in [0.25, 0.3) is 11.1 Å². The third kappa shape index (κ3) is 2.77. The van der Waals surface area contributed by atoms with Crippen molar-refractivity contribution in [3.05, 3.63) is 77.5 Å². The summed E-state index contributed by atoms with van der Waals surface area (Å²) in [6.07, 6.45) is 8.77. The summed E-state index contributed by atoms with van der Waals surface area (Å²) in [4.78, 5) is 35.6. The van der Waals surface area contributed by atoms with Crippen molar-refractivity contribution in [3.8, 4) is 11.1 Å². The lowest BCUT2D eigenvalue weighted by Crippen LogP contribution is -2.60. The minimum absolute atomic E-state index is 0.126. The number of aromatic nitrogens is 5. The molecule has 2 aliphatic heterocycles. The van der Waals surface area contributed by atoms with Crippen molar-refractivity contribution in [2.45, 2.75) is 26.1 Å². The monoisotopic (exact) mass is 457 g/mol. The fourth-order valence-electron chi connectivity index (χ4n) is 5.10. The Hall–Kier alpha value is -4.21. The Balaban J connectivity index is 1.51. The summed E-state index contributed by atoms with van der Waals surface area (Å²) in [6, 6.07) is 5.75. The lowest BCUT2D eigenvalue weighted by atomic mass is 9.94. The van der Waals surface area contributed by atoms with Crippen LogP contribution < -0.4 is 0 Å². The molecular weight excluding hydrogens is 434 g/mol. The Bertz CT molecular complexity index is 1430. The van der Waals surface area contributed by atoms with Crippen molar-refractivity contribution in [3.63, 3.8) is 0 Å². The Morgan fingerprint density at radius 3 is 2.65 bits per heavy atom. The third-order valence-corrected chi connectivity index (χ3v) is 6.83. The minimum Gasteiger partial charge on any atom is -0.364 e. The van der Waals surface area contributed by atoms with Crippen molar-refractivity contribution < 1.29 is 14.1 Å². The Labute approximate surface area is 195 Å². The molecule has 4 aromatic rings. The Kier molecular flexibility index (Phi) is 4.29. The standard InChI is InChI=1S/C24H23N7O3/c1-15-4-5-19(10-25-15)24-14-29-12-17(18-9-26-28(3)11-18)8-21(29)23(33)31(24)7-6-30(24)22(32)20-13-34-27-16(20)2/h4-5,8-13H,6-7,14H2,1-3H3. The van der Waals surface area contributed by atoms with Crippen LogP contribution in [0.3, 0.4) is 0 Å². The average Bonchev–Trinajstić information content (AvgIpc) is 3.59. The molecule has 0 aromatic carbocycles. The second-order valence-corrected chi connectivity index (χ2v) is 8.88. The van der Waals surface area contributed by atoms with E-state index in [-0.39, 0.29) is 11.8 Å². The molecule has 1 fully saturated rings. The molecule has 0 radical (unpaired) electrons. The van der Waals surface area contributed by atoms with Crippen molar-refractivity contribution in [2.75, 3.05) is 13.1 Å². The molecule has 1 saturated heterocycles. The maximum Gasteiger partial charge on any atom is 0.272 e. The van der Waals surface area contributed by atoms with Crippen molar-refractivity contribution in [1.29, 1.82) is 0 Å². The number of rotatable bonds is 3. The summed E-state index contributed by atoms with van der Waals surface area (Å²) < 4.78 is 8.71. The van der Waals surface area contributed by atoms with E-state index in [4.69, 9.17) is 4.52 Å². The molecule has 6 heterocycles. The molecular formula is C24H23N7O3. The van der Waals surface area contributed by atoms with Crippen LogP contribution in [0.5, 0.6) is 0 Å². The molecule has 0 bridgehead atoms. The van der Waals surface area contributed by atoms with Crippen molar-refractivity contribution in [2.24, 2.45) is 7.05 Å². The molecule has 0 spiro atoms. The molecule has 10 heteroatoms. The predicted octanol–water partition coefficient (Wildman–Crippen LogP) is 2.35. The zero-order valence-corrected chi connectivity index (χ0v) is 19.1. The molecule has 0 saturated carbocycles. The number of carbonyl (C=O) groups is 2. The van der Waals surface area contributed by atoms with Gasteiger partial charge in [-0.05, 0) is 26.0 Å². The summed E-state index contributed by atoms with van der Waals surface area (Å²) in [5.41, 5.74) is 3.96. The first-order valence-corrected chi connectivity index (χ1v) is 11.1. The van der Waals surface area contributed by atoms with Gasteiger partial charge >= 0.3 is 0 Å². The number of amides is 2. The van der Waals surface area contributed by atoms with E-state index in [1.165, 1.54) is 6.26 Å². The molecule has 6 rings (SSSR count). The first-order valence-electron chi connectivity index (χ1n) is 11.1. The van der Waals surface area contributed by atoms with Crippen LogP contribution in [0.15, 0.2) is 53.8 Å². The van der Waals surface area contributed by atoms with Gasteiger partial charge in [0.25, 0.3) is 11.8 Å². The molecule has 2 amide bonds. The molecule has 2 aliphatic rings. The fourth-order valence-corrected chi connectivity index (χ4v) is 5.10. The maximum atomic E-state index is 13.8. The number of carbonyl (C=O) groups excluding carboxylic acids is 2. The van der Waals surface area contributed by atoms with Crippen molar-refractivity contribution in [1.82, 2.24) is 34.3 Å². The van der Waals surface area contributed by atoms with Gasteiger partial charge in [-0.15, -0.1) is 0 Å². The number of aryl methyl sites for hydroxylation is 3. The highest BCUT2D eigenvalue weighted by molar-refractivity contribution is 5.99. The molecule has 0 N–H and O–H groups in total. The Morgan fingerprint density at radius 2 is 1.97 bits per heavy atom. The summed E-state index contributed by atoms with van der Waals surface area (Å²) in [7, 11) is 1.86. The van der Waals surface area contributed by atoms with Gasteiger partial charge in [-0.25, -0.2) is 0 Å². The summed E-state index contributed by atoms with van der Waals surface area (Å²) in [6.45, 7) is 4.84. The van der Waals surface area contributed by atoms with Gasteiger partial charge in [0.15, 0.2) is 5.66 Å². The number of hydrogen-bond donors (Lipinski definition) is 0.